The topological polar surface area (TPSA) is 24.9 Å². The zero-order valence-corrected chi connectivity index (χ0v) is 10.9. The predicted molar refractivity (Wildman–Crippen MR) is 71.0 cm³/mol. The average molecular weight is 244 g/mol. The van der Waals surface area contributed by atoms with Gasteiger partial charge in [0.25, 0.3) is 0 Å². The zero-order valence-electron chi connectivity index (χ0n) is 10.9. The minimum Gasteiger partial charge on any atom is -0.309 e. The van der Waals surface area contributed by atoms with Crippen LogP contribution in [0.25, 0.3) is 0 Å². The molecule has 3 heteroatoms. The van der Waals surface area contributed by atoms with Gasteiger partial charge in [-0.1, -0.05) is 18.2 Å². The number of pyridine rings is 1. The first-order valence-corrected chi connectivity index (χ1v) is 5.97. The lowest BCUT2D eigenvalue weighted by atomic mass is 9.92. The van der Waals surface area contributed by atoms with Crippen LogP contribution in [0, 0.1) is 19.7 Å². The summed E-state index contributed by atoms with van der Waals surface area (Å²) in [6.07, 6.45) is 2.93. The molecule has 2 nitrogen and oxygen atoms in total. The third-order valence-corrected chi connectivity index (χ3v) is 3.18. The van der Waals surface area contributed by atoms with E-state index in [-0.39, 0.29) is 11.9 Å². The molecule has 2 aromatic rings. The molecule has 1 unspecified atom stereocenters. The quantitative estimate of drug-likeness (QED) is 0.897. The number of aromatic nitrogens is 1. The molecule has 0 amide bonds. The summed E-state index contributed by atoms with van der Waals surface area (Å²) in [5.74, 6) is -0.306. The Morgan fingerprint density at radius 1 is 1.17 bits per heavy atom. The van der Waals surface area contributed by atoms with Crippen LogP contribution in [0.1, 0.15) is 28.3 Å². The number of benzene rings is 1. The molecule has 18 heavy (non-hydrogen) atoms. The van der Waals surface area contributed by atoms with E-state index < -0.39 is 0 Å². The van der Waals surface area contributed by atoms with Crippen LogP contribution in [0.4, 0.5) is 4.39 Å². The van der Waals surface area contributed by atoms with E-state index in [0.717, 1.165) is 5.56 Å². The fourth-order valence-electron chi connectivity index (χ4n) is 2.35. The van der Waals surface area contributed by atoms with E-state index in [9.17, 15) is 4.39 Å². The summed E-state index contributed by atoms with van der Waals surface area (Å²) >= 11 is 0. The Bertz CT molecular complexity index is 532. The Kier molecular flexibility index (Phi) is 3.72. The first-order valence-electron chi connectivity index (χ1n) is 5.97. The molecule has 94 valence electrons. The SMILES string of the molecule is CNC(c1cncc(F)c1)c1c(C)cccc1C. The Labute approximate surface area is 107 Å². The average Bonchev–Trinajstić information content (AvgIpc) is 2.34. The number of rotatable bonds is 3. The number of hydrogen-bond acceptors (Lipinski definition) is 2. The summed E-state index contributed by atoms with van der Waals surface area (Å²) in [5.41, 5.74) is 4.42. The molecular formula is C15H17FN2. The highest BCUT2D eigenvalue weighted by molar-refractivity contribution is 5.41. The highest BCUT2D eigenvalue weighted by atomic mass is 19.1. The van der Waals surface area contributed by atoms with Crippen LogP contribution < -0.4 is 5.32 Å². The third kappa shape index (κ3) is 2.41. The molecule has 0 saturated carbocycles. The maximum absolute atomic E-state index is 13.3. The summed E-state index contributed by atoms with van der Waals surface area (Å²) in [6, 6.07) is 7.67. The van der Waals surface area contributed by atoms with Crippen molar-refractivity contribution < 1.29 is 4.39 Å². The van der Waals surface area contributed by atoms with Crippen molar-refractivity contribution in [2.24, 2.45) is 0 Å². The smallest absolute Gasteiger partial charge is 0.141 e. The molecule has 1 heterocycles. The van der Waals surface area contributed by atoms with Gasteiger partial charge in [-0.25, -0.2) is 4.39 Å². The van der Waals surface area contributed by atoms with Crippen LogP contribution in [0.2, 0.25) is 0 Å². The summed E-state index contributed by atoms with van der Waals surface area (Å²) in [6.45, 7) is 4.14. The van der Waals surface area contributed by atoms with Crippen LogP contribution in [0.15, 0.2) is 36.7 Å². The highest BCUT2D eigenvalue weighted by Crippen LogP contribution is 2.27. The zero-order chi connectivity index (χ0) is 13.1. The van der Waals surface area contributed by atoms with Gasteiger partial charge in [0, 0.05) is 6.20 Å². The molecule has 0 aliphatic carbocycles. The minimum absolute atomic E-state index is 0.0330. The van der Waals surface area contributed by atoms with Crippen LogP contribution in [0.3, 0.4) is 0 Å². The summed E-state index contributed by atoms with van der Waals surface area (Å²) < 4.78 is 13.3. The number of aryl methyl sites for hydroxylation is 2. The van der Waals surface area contributed by atoms with Gasteiger partial charge < -0.3 is 5.32 Å². The second-order valence-electron chi connectivity index (χ2n) is 4.46. The Morgan fingerprint density at radius 3 is 2.39 bits per heavy atom. The maximum Gasteiger partial charge on any atom is 0.141 e. The molecule has 1 N–H and O–H groups in total. The monoisotopic (exact) mass is 244 g/mol. The van der Waals surface area contributed by atoms with Gasteiger partial charge in [0.2, 0.25) is 0 Å². The summed E-state index contributed by atoms with van der Waals surface area (Å²) in [7, 11) is 1.88. The molecule has 0 radical (unpaired) electrons. The van der Waals surface area contributed by atoms with Gasteiger partial charge in [-0.15, -0.1) is 0 Å². The van der Waals surface area contributed by atoms with Crippen molar-refractivity contribution in [2.45, 2.75) is 19.9 Å². The normalized spacial score (nSPS) is 12.4. The van der Waals surface area contributed by atoms with Crippen molar-refractivity contribution in [2.75, 3.05) is 7.05 Å². The van der Waals surface area contributed by atoms with E-state index in [0.29, 0.717) is 0 Å². The van der Waals surface area contributed by atoms with Gasteiger partial charge in [-0.3, -0.25) is 4.98 Å². The second kappa shape index (κ2) is 5.27. The number of nitrogens with one attached hydrogen (secondary N) is 1. The molecule has 1 aromatic carbocycles. The number of nitrogens with zero attached hydrogens (tertiary/aromatic N) is 1. The van der Waals surface area contributed by atoms with Crippen molar-refractivity contribution in [3.8, 4) is 0 Å². The minimum atomic E-state index is -0.306. The van der Waals surface area contributed by atoms with Gasteiger partial charge in [-0.05, 0) is 49.2 Å². The Hall–Kier alpha value is -1.74. The lowest BCUT2D eigenvalue weighted by molar-refractivity contribution is 0.607. The molecular weight excluding hydrogens is 227 g/mol. The van der Waals surface area contributed by atoms with Crippen LogP contribution in [-0.4, -0.2) is 12.0 Å². The van der Waals surface area contributed by atoms with Gasteiger partial charge in [0.15, 0.2) is 0 Å². The molecule has 0 aliphatic rings. The van der Waals surface area contributed by atoms with E-state index in [4.69, 9.17) is 0 Å². The van der Waals surface area contributed by atoms with Gasteiger partial charge in [0.1, 0.15) is 5.82 Å². The maximum atomic E-state index is 13.3. The lowest BCUT2D eigenvalue weighted by Gasteiger charge is -2.21. The van der Waals surface area contributed by atoms with Crippen LogP contribution >= 0.6 is 0 Å². The molecule has 0 aliphatic heterocycles. The molecule has 0 saturated heterocycles. The van der Waals surface area contributed by atoms with Crippen LogP contribution in [-0.2, 0) is 0 Å². The molecule has 2 rings (SSSR count). The van der Waals surface area contributed by atoms with E-state index >= 15 is 0 Å². The van der Waals surface area contributed by atoms with Gasteiger partial charge in [-0.2, -0.15) is 0 Å². The van der Waals surface area contributed by atoms with Crippen molar-refractivity contribution in [3.05, 3.63) is 64.7 Å². The van der Waals surface area contributed by atoms with E-state index in [1.54, 1.807) is 6.20 Å². The first-order chi connectivity index (χ1) is 8.63. The van der Waals surface area contributed by atoms with Crippen LogP contribution in [0.5, 0.6) is 0 Å². The number of halogens is 1. The Balaban J connectivity index is 2.52. The predicted octanol–water partition coefficient (Wildman–Crippen LogP) is 3.15. The van der Waals surface area contributed by atoms with Gasteiger partial charge >= 0.3 is 0 Å². The standard InChI is InChI=1S/C15H17FN2/c1-10-5-4-6-11(2)14(10)15(17-3)12-7-13(16)9-18-8-12/h4-9,15,17H,1-3H3. The lowest BCUT2D eigenvalue weighted by Crippen LogP contribution is -2.20. The van der Waals surface area contributed by atoms with Crippen molar-refractivity contribution in [3.63, 3.8) is 0 Å². The Morgan fingerprint density at radius 2 is 1.83 bits per heavy atom. The fourth-order valence-corrected chi connectivity index (χ4v) is 2.35. The van der Waals surface area contributed by atoms with E-state index in [1.807, 2.05) is 13.1 Å². The molecule has 0 bridgehead atoms. The molecule has 1 aromatic heterocycles. The van der Waals surface area contributed by atoms with Crippen molar-refractivity contribution in [1.29, 1.82) is 0 Å². The van der Waals surface area contributed by atoms with Crippen molar-refractivity contribution >= 4 is 0 Å². The molecule has 0 spiro atoms. The number of hydrogen-bond donors (Lipinski definition) is 1. The van der Waals surface area contributed by atoms with Crippen molar-refractivity contribution in [1.82, 2.24) is 10.3 Å². The molecule has 0 fully saturated rings. The van der Waals surface area contributed by atoms with E-state index in [1.165, 1.54) is 29.0 Å². The van der Waals surface area contributed by atoms with E-state index in [2.05, 4.69) is 36.3 Å². The third-order valence-electron chi connectivity index (χ3n) is 3.18. The second-order valence-corrected chi connectivity index (χ2v) is 4.46. The van der Waals surface area contributed by atoms with Gasteiger partial charge in [0.05, 0.1) is 12.2 Å². The molecule has 1 atom stereocenters. The first kappa shape index (κ1) is 12.7. The fraction of sp³-hybridized carbons (Fsp3) is 0.267. The summed E-state index contributed by atoms with van der Waals surface area (Å²) in [4.78, 5) is 3.92. The summed E-state index contributed by atoms with van der Waals surface area (Å²) in [5, 5.41) is 3.24. The largest absolute Gasteiger partial charge is 0.309 e. The highest BCUT2D eigenvalue weighted by Gasteiger charge is 2.17.